The summed E-state index contributed by atoms with van der Waals surface area (Å²) in [7, 11) is 0. The summed E-state index contributed by atoms with van der Waals surface area (Å²) in [4.78, 5) is 34.0. The molecule has 0 aromatic carbocycles. The Balaban J connectivity index is 1.68. The first-order valence-corrected chi connectivity index (χ1v) is 8.79. The van der Waals surface area contributed by atoms with Crippen molar-refractivity contribution in [2.45, 2.75) is 39.0 Å². The summed E-state index contributed by atoms with van der Waals surface area (Å²) < 4.78 is 5.17. The maximum atomic E-state index is 12.6. The van der Waals surface area contributed by atoms with Gasteiger partial charge in [0.05, 0.1) is 0 Å². The Morgan fingerprint density at radius 2 is 2.29 bits per heavy atom. The molecule has 3 heterocycles. The fourth-order valence-corrected chi connectivity index (χ4v) is 3.42. The van der Waals surface area contributed by atoms with Gasteiger partial charge in [-0.05, 0) is 12.8 Å². The molecule has 3 rings (SSSR count). The molecule has 2 aromatic rings. The molecule has 1 aliphatic heterocycles. The van der Waals surface area contributed by atoms with E-state index in [-0.39, 0.29) is 17.7 Å². The molecule has 2 aromatic heterocycles. The van der Waals surface area contributed by atoms with Crippen LogP contribution in [0.4, 0.5) is 5.13 Å². The first-order chi connectivity index (χ1) is 11.6. The lowest BCUT2D eigenvalue weighted by Crippen LogP contribution is -2.39. The van der Waals surface area contributed by atoms with E-state index in [1.54, 1.807) is 10.3 Å². The third kappa shape index (κ3) is 3.61. The van der Waals surface area contributed by atoms with E-state index in [9.17, 15) is 9.59 Å². The molecule has 1 fully saturated rings. The highest BCUT2D eigenvalue weighted by Gasteiger charge is 2.29. The number of carbonyl (C=O) groups is 2. The van der Waals surface area contributed by atoms with E-state index in [4.69, 9.17) is 4.52 Å². The summed E-state index contributed by atoms with van der Waals surface area (Å²) in [6.45, 7) is 4.60. The molecule has 1 aliphatic rings. The molecule has 9 heteroatoms. The average molecular weight is 349 g/mol. The molecule has 0 unspecified atom stereocenters. The Kier molecular flexibility index (Phi) is 4.89. The number of aryl methyl sites for hydroxylation is 1. The van der Waals surface area contributed by atoms with Crippen LogP contribution in [0, 0.1) is 0 Å². The molecule has 1 saturated heterocycles. The van der Waals surface area contributed by atoms with Gasteiger partial charge < -0.3 is 14.7 Å². The fraction of sp³-hybridized carbons (Fsp3) is 0.533. The van der Waals surface area contributed by atoms with Crippen molar-refractivity contribution in [2.75, 3.05) is 18.4 Å². The highest BCUT2D eigenvalue weighted by molar-refractivity contribution is 7.14. The topological polar surface area (TPSA) is 101 Å². The van der Waals surface area contributed by atoms with Crippen LogP contribution in [0.15, 0.2) is 9.90 Å². The SMILES string of the molecule is CCc1nc([C@@H]2CCCN(C(=O)c3csc(NC(C)=O)n3)C2)no1. The summed E-state index contributed by atoms with van der Waals surface area (Å²) in [6, 6.07) is 0. The Labute approximate surface area is 143 Å². The van der Waals surface area contributed by atoms with Crippen LogP contribution in [0.5, 0.6) is 0 Å². The van der Waals surface area contributed by atoms with Gasteiger partial charge >= 0.3 is 0 Å². The van der Waals surface area contributed by atoms with Crippen molar-refractivity contribution in [1.82, 2.24) is 20.0 Å². The molecule has 2 amide bonds. The smallest absolute Gasteiger partial charge is 0.273 e. The predicted molar refractivity (Wildman–Crippen MR) is 88.0 cm³/mol. The van der Waals surface area contributed by atoms with Gasteiger partial charge in [-0.2, -0.15) is 4.98 Å². The minimum absolute atomic E-state index is 0.0835. The van der Waals surface area contributed by atoms with E-state index in [0.29, 0.717) is 42.1 Å². The molecule has 0 aliphatic carbocycles. The van der Waals surface area contributed by atoms with Crippen LogP contribution >= 0.6 is 11.3 Å². The van der Waals surface area contributed by atoms with Gasteiger partial charge in [0.1, 0.15) is 5.69 Å². The van der Waals surface area contributed by atoms with Crippen molar-refractivity contribution in [3.8, 4) is 0 Å². The monoisotopic (exact) mass is 349 g/mol. The molecule has 1 atom stereocenters. The molecular weight excluding hydrogens is 330 g/mol. The van der Waals surface area contributed by atoms with Gasteiger partial charge in [0, 0.05) is 37.7 Å². The van der Waals surface area contributed by atoms with Crippen molar-refractivity contribution in [3.63, 3.8) is 0 Å². The third-order valence-corrected chi connectivity index (χ3v) is 4.62. The van der Waals surface area contributed by atoms with Gasteiger partial charge in [-0.25, -0.2) is 4.98 Å². The summed E-state index contributed by atoms with van der Waals surface area (Å²) >= 11 is 1.24. The number of piperidine rings is 1. The zero-order valence-electron chi connectivity index (χ0n) is 13.6. The minimum atomic E-state index is -0.203. The lowest BCUT2D eigenvalue weighted by atomic mass is 9.97. The molecule has 0 saturated carbocycles. The van der Waals surface area contributed by atoms with Crippen LogP contribution in [-0.2, 0) is 11.2 Å². The second kappa shape index (κ2) is 7.08. The maximum Gasteiger partial charge on any atom is 0.273 e. The lowest BCUT2D eigenvalue weighted by molar-refractivity contribution is -0.114. The third-order valence-electron chi connectivity index (χ3n) is 3.87. The predicted octanol–water partition coefficient (Wildman–Crippen LogP) is 2.07. The number of likely N-dealkylation sites (tertiary alicyclic amines) is 1. The quantitative estimate of drug-likeness (QED) is 0.907. The molecule has 1 N–H and O–H groups in total. The van der Waals surface area contributed by atoms with E-state index >= 15 is 0 Å². The Hall–Kier alpha value is -2.29. The molecule has 0 radical (unpaired) electrons. The van der Waals surface area contributed by atoms with Gasteiger partial charge in [-0.15, -0.1) is 11.3 Å². The minimum Gasteiger partial charge on any atom is -0.339 e. The Morgan fingerprint density at radius 3 is 3.00 bits per heavy atom. The van der Waals surface area contributed by atoms with E-state index in [1.807, 2.05) is 6.92 Å². The van der Waals surface area contributed by atoms with Crippen LogP contribution in [0.25, 0.3) is 0 Å². The fourth-order valence-electron chi connectivity index (χ4n) is 2.69. The largest absolute Gasteiger partial charge is 0.339 e. The first kappa shape index (κ1) is 16.6. The normalized spacial score (nSPS) is 17.8. The lowest BCUT2D eigenvalue weighted by Gasteiger charge is -2.30. The zero-order valence-corrected chi connectivity index (χ0v) is 14.4. The zero-order chi connectivity index (χ0) is 17.1. The maximum absolute atomic E-state index is 12.6. The summed E-state index contributed by atoms with van der Waals surface area (Å²) in [5, 5.41) is 8.72. The number of nitrogens with one attached hydrogen (secondary N) is 1. The second-order valence-corrected chi connectivity index (χ2v) is 6.57. The molecule has 24 heavy (non-hydrogen) atoms. The molecule has 0 bridgehead atoms. The molecule has 0 spiro atoms. The van der Waals surface area contributed by atoms with Crippen molar-refractivity contribution in [2.24, 2.45) is 0 Å². The molecule has 128 valence electrons. The van der Waals surface area contributed by atoms with Crippen molar-refractivity contribution in [1.29, 1.82) is 0 Å². The van der Waals surface area contributed by atoms with Gasteiger partial charge in [-0.1, -0.05) is 12.1 Å². The number of thiazole rings is 1. The summed E-state index contributed by atoms with van der Waals surface area (Å²) in [5.74, 6) is 1.03. The van der Waals surface area contributed by atoms with E-state index < -0.39 is 0 Å². The van der Waals surface area contributed by atoms with Crippen molar-refractivity contribution < 1.29 is 14.1 Å². The van der Waals surface area contributed by atoms with Gasteiger partial charge in [0.25, 0.3) is 5.91 Å². The van der Waals surface area contributed by atoms with Crippen LogP contribution in [-0.4, -0.2) is 44.9 Å². The first-order valence-electron chi connectivity index (χ1n) is 7.91. The highest BCUT2D eigenvalue weighted by Crippen LogP contribution is 2.26. The Bertz CT molecular complexity index is 741. The summed E-state index contributed by atoms with van der Waals surface area (Å²) in [6.07, 6.45) is 2.52. The molecular formula is C15H19N5O3S. The van der Waals surface area contributed by atoms with Crippen molar-refractivity contribution in [3.05, 3.63) is 22.8 Å². The average Bonchev–Trinajstić information content (AvgIpc) is 3.23. The van der Waals surface area contributed by atoms with Crippen LogP contribution in [0.3, 0.4) is 0 Å². The van der Waals surface area contributed by atoms with Crippen LogP contribution < -0.4 is 5.32 Å². The van der Waals surface area contributed by atoms with E-state index in [2.05, 4.69) is 20.4 Å². The van der Waals surface area contributed by atoms with Gasteiger partial charge in [-0.3, -0.25) is 9.59 Å². The number of amides is 2. The number of anilines is 1. The van der Waals surface area contributed by atoms with Crippen molar-refractivity contribution >= 4 is 28.3 Å². The van der Waals surface area contributed by atoms with Gasteiger partial charge in [0.15, 0.2) is 11.0 Å². The highest BCUT2D eigenvalue weighted by atomic mass is 32.1. The second-order valence-electron chi connectivity index (χ2n) is 5.71. The number of carbonyl (C=O) groups excluding carboxylic acids is 2. The standard InChI is InChI=1S/C15H19N5O3S/c1-3-12-18-13(19-23-12)10-5-4-6-20(7-10)14(22)11-8-24-15(17-11)16-9(2)21/h8,10H,3-7H2,1-2H3,(H,16,17,21)/t10-/m1/s1. The van der Waals surface area contributed by atoms with E-state index in [1.165, 1.54) is 18.3 Å². The number of hydrogen-bond donors (Lipinski definition) is 1. The Morgan fingerprint density at radius 1 is 1.46 bits per heavy atom. The van der Waals surface area contributed by atoms with Crippen LogP contribution in [0.2, 0.25) is 0 Å². The summed E-state index contributed by atoms with van der Waals surface area (Å²) in [5.41, 5.74) is 0.353. The molecule has 8 nitrogen and oxygen atoms in total. The van der Waals surface area contributed by atoms with Crippen LogP contribution in [0.1, 0.15) is 54.8 Å². The number of hydrogen-bond acceptors (Lipinski definition) is 7. The number of aromatic nitrogens is 3. The van der Waals surface area contributed by atoms with Gasteiger partial charge in [0.2, 0.25) is 11.8 Å². The number of nitrogens with zero attached hydrogens (tertiary/aromatic N) is 4. The number of rotatable bonds is 4. The van der Waals surface area contributed by atoms with E-state index in [0.717, 1.165) is 12.8 Å².